The van der Waals surface area contributed by atoms with E-state index in [0.717, 1.165) is 17.5 Å². The van der Waals surface area contributed by atoms with Gasteiger partial charge in [0.15, 0.2) is 0 Å². The van der Waals surface area contributed by atoms with Crippen molar-refractivity contribution in [3.05, 3.63) is 29.5 Å². The van der Waals surface area contributed by atoms with Crippen molar-refractivity contribution in [3.8, 4) is 5.75 Å². The number of aromatic hydroxyl groups is 1. The van der Waals surface area contributed by atoms with Crippen LogP contribution in [-0.4, -0.2) is 28.7 Å². The van der Waals surface area contributed by atoms with Crippen LogP contribution in [0.1, 0.15) is 11.3 Å². The van der Waals surface area contributed by atoms with Crippen LogP contribution in [-0.2, 0) is 13.6 Å². The second-order valence-electron chi connectivity index (χ2n) is 4.58. The molecule has 1 heterocycles. The minimum atomic E-state index is 0. The van der Waals surface area contributed by atoms with Crippen molar-refractivity contribution in [2.75, 3.05) is 14.1 Å². The smallest absolute Gasteiger partial charge is 0.120 e. The van der Waals surface area contributed by atoms with Gasteiger partial charge in [-0.1, -0.05) is 0 Å². The van der Waals surface area contributed by atoms with Gasteiger partial charge in [0, 0.05) is 35.8 Å². The number of phenols is 1. The van der Waals surface area contributed by atoms with Crippen molar-refractivity contribution >= 4 is 23.3 Å². The van der Waals surface area contributed by atoms with E-state index >= 15 is 0 Å². The molecule has 1 aromatic heterocycles. The van der Waals surface area contributed by atoms with Crippen LogP contribution in [0.4, 0.5) is 0 Å². The molecule has 0 aliphatic heterocycles. The van der Waals surface area contributed by atoms with E-state index in [0.29, 0.717) is 5.75 Å². The third kappa shape index (κ3) is 2.40. The molecule has 0 unspecified atom stereocenters. The van der Waals surface area contributed by atoms with E-state index in [4.69, 9.17) is 0 Å². The van der Waals surface area contributed by atoms with Crippen LogP contribution >= 0.6 is 12.4 Å². The van der Waals surface area contributed by atoms with E-state index in [1.165, 1.54) is 11.2 Å². The monoisotopic (exact) mass is 254 g/mol. The lowest BCUT2D eigenvalue weighted by Crippen LogP contribution is -2.11. The Hall–Kier alpha value is -1.19. The summed E-state index contributed by atoms with van der Waals surface area (Å²) in [4.78, 5) is 2.07. The summed E-state index contributed by atoms with van der Waals surface area (Å²) < 4.78 is 2.15. The van der Waals surface area contributed by atoms with E-state index < -0.39 is 0 Å². The topological polar surface area (TPSA) is 28.4 Å². The van der Waals surface area contributed by atoms with Crippen molar-refractivity contribution in [3.63, 3.8) is 0 Å². The molecule has 2 rings (SSSR count). The van der Waals surface area contributed by atoms with Gasteiger partial charge in [0.05, 0.1) is 0 Å². The largest absolute Gasteiger partial charge is 0.508 e. The van der Waals surface area contributed by atoms with Crippen molar-refractivity contribution in [2.24, 2.45) is 7.05 Å². The van der Waals surface area contributed by atoms with Gasteiger partial charge in [-0.3, -0.25) is 0 Å². The molecule has 94 valence electrons. The number of rotatable bonds is 2. The molecule has 0 saturated heterocycles. The molecule has 0 aliphatic rings. The molecule has 0 fully saturated rings. The zero-order chi connectivity index (χ0) is 11.9. The molecule has 0 amide bonds. The summed E-state index contributed by atoms with van der Waals surface area (Å²) in [5.41, 5.74) is 3.39. The molecule has 0 radical (unpaired) electrons. The molecular formula is C13H19ClN2O. The van der Waals surface area contributed by atoms with E-state index in [1.807, 2.05) is 27.2 Å². The van der Waals surface area contributed by atoms with Gasteiger partial charge >= 0.3 is 0 Å². The molecule has 0 aliphatic carbocycles. The summed E-state index contributed by atoms with van der Waals surface area (Å²) in [5.74, 6) is 0.381. The highest BCUT2D eigenvalue weighted by Gasteiger charge is 2.11. The highest BCUT2D eigenvalue weighted by Crippen LogP contribution is 2.29. The first-order valence-electron chi connectivity index (χ1n) is 5.42. The second kappa shape index (κ2) is 4.98. The predicted molar refractivity (Wildman–Crippen MR) is 74.0 cm³/mol. The summed E-state index contributed by atoms with van der Waals surface area (Å²) in [6.45, 7) is 2.84. The Morgan fingerprint density at radius 3 is 2.53 bits per heavy atom. The fourth-order valence-corrected chi connectivity index (χ4v) is 2.07. The summed E-state index contributed by atoms with van der Waals surface area (Å²) in [6, 6.07) is 5.88. The molecule has 0 saturated carbocycles. The van der Waals surface area contributed by atoms with Crippen LogP contribution in [0.25, 0.3) is 10.9 Å². The summed E-state index contributed by atoms with van der Waals surface area (Å²) in [5, 5.41) is 11.1. The number of hydrogen-bond donors (Lipinski definition) is 1. The molecule has 0 spiro atoms. The Balaban J connectivity index is 0.00000144. The molecule has 4 heteroatoms. The lowest BCUT2D eigenvalue weighted by Gasteiger charge is -2.12. The molecule has 3 nitrogen and oxygen atoms in total. The second-order valence-corrected chi connectivity index (χ2v) is 4.58. The number of hydrogen-bond acceptors (Lipinski definition) is 2. The van der Waals surface area contributed by atoms with Crippen LogP contribution in [0.2, 0.25) is 0 Å². The Morgan fingerprint density at radius 1 is 1.29 bits per heavy atom. The minimum absolute atomic E-state index is 0. The van der Waals surface area contributed by atoms with Gasteiger partial charge in [-0.2, -0.15) is 0 Å². The lowest BCUT2D eigenvalue weighted by molar-refractivity contribution is 0.388. The maximum Gasteiger partial charge on any atom is 0.120 e. The number of fused-ring (bicyclic) bond motifs is 1. The van der Waals surface area contributed by atoms with Crippen molar-refractivity contribution in [1.29, 1.82) is 0 Å². The van der Waals surface area contributed by atoms with Gasteiger partial charge in [-0.05, 0) is 39.2 Å². The van der Waals surface area contributed by atoms with Crippen molar-refractivity contribution < 1.29 is 5.11 Å². The third-order valence-electron chi connectivity index (χ3n) is 3.03. The number of aryl methyl sites for hydroxylation is 2. The Morgan fingerprint density at radius 2 is 1.94 bits per heavy atom. The Bertz CT molecular complexity index is 532. The summed E-state index contributed by atoms with van der Waals surface area (Å²) >= 11 is 0. The maximum absolute atomic E-state index is 9.92. The number of benzene rings is 1. The van der Waals surface area contributed by atoms with Crippen molar-refractivity contribution in [1.82, 2.24) is 9.47 Å². The first-order valence-corrected chi connectivity index (χ1v) is 5.42. The molecular weight excluding hydrogens is 236 g/mol. The molecule has 0 bridgehead atoms. The average Bonchev–Trinajstić information content (AvgIpc) is 2.48. The van der Waals surface area contributed by atoms with E-state index in [2.05, 4.69) is 22.5 Å². The lowest BCUT2D eigenvalue weighted by atomic mass is 10.1. The number of halogens is 1. The quantitative estimate of drug-likeness (QED) is 0.893. The zero-order valence-corrected chi connectivity index (χ0v) is 11.5. The van der Waals surface area contributed by atoms with Crippen LogP contribution < -0.4 is 0 Å². The van der Waals surface area contributed by atoms with Gasteiger partial charge in [0.2, 0.25) is 0 Å². The highest BCUT2D eigenvalue weighted by molar-refractivity contribution is 5.86. The van der Waals surface area contributed by atoms with E-state index in [-0.39, 0.29) is 12.4 Å². The van der Waals surface area contributed by atoms with Crippen LogP contribution in [0.3, 0.4) is 0 Å². The summed E-state index contributed by atoms with van der Waals surface area (Å²) in [7, 11) is 6.07. The van der Waals surface area contributed by atoms with Crippen LogP contribution in [0.5, 0.6) is 5.75 Å². The average molecular weight is 255 g/mol. The molecule has 1 aromatic carbocycles. The number of aromatic nitrogens is 1. The fraction of sp³-hybridized carbons (Fsp3) is 0.385. The third-order valence-corrected chi connectivity index (χ3v) is 3.03. The van der Waals surface area contributed by atoms with Crippen LogP contribution in [0, 0.1) is 6.92 Å². The molecule has 1 N–H and O–H groups in total. The Labute approximate surface area is 108 Å². The highest BCUT2D eigenvalue weighted by atomic mass is 35.5. The normalized spacial score (nSPS) is 10.9. The van der Waals surface area contributed by atoms with Gasteiger partial charge < -0.3 is 14.6 Å². The Kier molecular flexibility index (Phi) is 4.07. The maximum atomic E-state index is 9.92. The van der Waals surface area contributed by atoms with Gasteiger partial charge in [0.25, 0.3) is 0 Å². The number of nitrogens with zero attached hydrogens (tertiary/aromatic N) is 2. The predicted octanol–water partition coefficient (Wildman–Crippen LogP) is 2.68. The van der Waals surface area contributed by atoms with E-state index in [9.17, 15) is 5.11 Å². The molecule has 17 heavy (non-hydrogen) atoms. The SMILES string of the molecule is Cc1cc2c(CN(C)C)c(O)ccc2n1C.Cl. The molecule has 2 aromatic rings. The fourth-order valence-electron chi connectivity index (χ4n) is 2.07. The van der Waals surface area contributed by atoms with Gasteiger partial charge in [0.1, 0.15) is 5.75 Å². The first-order chi connectivity index (χ1) is 7.50. The number of phenolic OH excluding ortho intramolecular Hbond substituents is 1. The summed E-state index contributed by atoms with van der Waals surface area (Å²) in [6.07, 6.45) is 0. The standard InChI is InChI=1S/C13H18N2O.ClH/c1-9-7-10-11(8-14(2)3)13(16)6-5-12(10)15(9)4;/h5-7,16H,8H2,1-4H3;1H. The first kappa shape index (κ1) is 13.9. The van der Waals surface area contributed by atoms with Gasteiger partial charge in [-0.15, -0.1) is 12.4 Å². The zero-order valence-electron chi connectivity index (χ0n) is 10.7. The molecule has 0 atom stereocenters. The van der Waals surface area contributed by atoms with E-state index in [1.54, 1.807) is 6.07 Å². The van der Waals surface area contributed by atoms with Crippen molar-refractivity contribution in [2.45, 2.75) is 13.5 Å². The van der Waals surface area contributed by atoms with Gasteiger partial charge in [-0.25, -0.2) is 0 Å². The van der Waals surface area contributed by atoms with Crippen LogP contribution in [0.15, 0.2) is 18.2 Å². The minimum Gasteiger partial charge on any atom is -0.508 e.